The summed E-state index contributed by atoms with van der Waals surface area (Å²) in [5, 5.41) is 3.08. The number of nitrogens with two attached hydrogens (primary N) is 2. The molecule has 5 atom stereocenters. The lowest BCUT2D eigenvalue weighted by molar-refractivity contribution is -0.147. The van der Waals surface area contributed by atoms with Crippen molar-refractivity contribution in [3.63, 3.8) is 0 Å². The quantitative estimate of drug-likeness (QED) is 0.172. The Hall–Kier alpha value is -2.62. The summed E-state index contributed by atoms with van der Waals surface area (Å²) < 4.78 is 0. The first-order valence-corrected chi connectivity index (χ1v) is 20.8. The highest BCUT2D eigenvalue weighted by Gasteiger charge is 2.85. The smallest absolute Gasteiger partial charge is 0.285 e. The van der Waals surface area contributed by atoms with Crippen molar-refractivity contribution in [1.82, 2.24) is 10.2 Å². The average Bonchev–Trinajstić information content (AvgIpc) is 3.24. The van der Waals surface area contributed by atoms with Gasteiger partial charge in [-0.15, -0.1) is 0 Å². The fourth-order valence-electron chi connectivity index (χ4n) is 11.1. The zero-order valence-corrected chi connectivity index (χ0v) is 34.2. The van der Waals surface area contributed by atoms with Gasteiger partial charge in [0.2, 0.25) is 17.6 Å². The number of hydrogen-bond donors (Lipinski definition) is 3. The Bertz CT molecular complexity index is 1460. The van der Waals surface area contributed by atoms with E-state index < -0.39 is 40.5 Å². The highest BCUT2D eigenvalue weighted by atomic mass is 16.2. The van der Waals surface area contributed by atoms with Crippen LogP contribution in [0.5, 0.6) is 0 Å². The van der Waals surface area contributed by atoms with Crippen molar-refractivity contribution in [2.75, 3.05) is 13.1 Å². The van der Waals surface area contributed by atoms with Crippen LogP contribution < -0.4 is 16.8 Å². The van der Waals surface area contributed by atoms with Crippen LogP contribution in [0.2, 0.25) is 0 Å². The largest absolute Gasteiger partial charge is 0.363 e. The molecule has 10 heteroatoms. The molecule has 4 saturated carbocycles. The van der Waals surface area contributed by atoms with Crippen LogP contribution in [0, 0.1) is 50.7 Å². The van der Waals surface area contributed by atoms with E-state index >= 15 is 0 Å². The third kappa shape index (κ3) is 7.78. The normalized spacial score (nSPS) is 27.6. The van der Waals surface area contributed by atoms with Gasteiger partial charge in [0.25, 0.3) is 5.91 Å². The maximum atomic E-state index is 15.0. The first-order valence-electron chi connectivity index (χ1n) is 20.8. The molecule has 0 aromatic heterocycles. The summed E-state index contributed by atoms with van der Waals surface area (Å²) in [7, 11) is 0. The zero-order valence-electron chi connectivity index (χ0n) is 34.2. The summed E-state index contributed by atoms with van der Waals surface area (Å²) in [6, 6.07) is -0.716. The Morgan fingerprint density at radius 1 is 0.792 bits per heavy atom. The lowest BCUT2D eigenvalue weighted by Crippen LogP contribution is -2.56. The molecular weight excluding hydrogens is 668 g/mol. The molecular formula is C43H70N4O6. The number of amides is 3. The summed E-state index contributed by atoms with van der Waals surface area (Å²) in [6.07, 6.45) is 11.7. The summed E-state index contributed by atoms with van der Waals surface area (Å²) in [6.45, 7) is 17.5. The van der Waals surface area contributed by atoms with Gasteiger partial charge < -0.3 is 21.7 Å². The Morgan fingerprint density at radius 2 is 1.42 bits per heavy atom. The molecule has 1 saturated heterocycles. The van der Waals surface area contributed by atoms with Crippen LogP contribution in [-0.4, -0.2) is 64.6 Å². The van der Waals surface area contributed by atoms with E-state index in [4.69, 9.17) is 11.5 Å². The number of hydrogen-bond acceptors (Lipinski definition) is 7. The van der Waals surface area contributed by atoms with Crippen LogP contribution in [0.4, 0.5) is 0 Å². The van der Waals surface area contributed by atoms with Gasteiger partial charge in [0.05, 0.1) is 11.6 Å². The van der Waals surface area contributed by atoms with Gasteiger partial charge in [0.1, 0.15) is 5.78 Å². The van der Waals surface area contributed by atoms with Crippen LogP contribution >= 0.6 is 0 Å². The molecule has 0 bridgehead atoms. The molecule has 0 radical (unpaired) electrons. The van der Waals surface area contributed by atoms with Crippen molar-refractivity contribution >= 4 is 35.1 Å². The van der Waals surface area contributed by atoms with Crippen molar-refractivity contribution in [1.29, 1.82) is 0 Å². The first-order chi connectivity index (χ1) is 24.5. The highest BCUT2D eigenvalue weighted by molar-refractivity contribution is 6.36. The van der Waals surface area contributed by atoms with Crippen molar-refractivity contribution in [3.05, 3.63) is 0 Å². The van der Waals surface area contributed by atoms with Crippen LogP contribution in [0.1, 0.15) is 158 Å². The van der Waals surface area contributed by atoms with E-state index in [0.29, 0.717) is 44.7 Å². The number of nitrogens with one attached hydrogen (secondary N) is 1. The fraction of sp³-hybridized carbons (Fsp3) is 0.860. The number of Topliss-reactive ketones (excluding diaryl/α,β-unsaturated/α-hetero) is 3. The predicted molar refractivity (Wildman–Crippen MR) is 205 cm³/mol. The van der Waals surface area contributed by atoms with E-state index in [1.54, 1.807) is 4.90 Å². The number of ketones is 3. The standard InChI is InChI=1S/C43H70N4O6/c1-38(2,3)29(25-46-37(53)41(45)16-10-9-11-17-41)22-30(48)23-31(39(4,5)6)36(52)47-26-43(40(7,8)42(43)18-13-19-42)24-32(47)33(49)21-28(34(50)35(44)51)20-27-14-12-15-27/h27-29,31-32H,9-26,45H2,1-8H3,(H2,44,51)(H,46,53)/t28?,29-,31-,32+,43-/m1/s1. The number of likely N-dealkylation sites (tertiary alicyclic amines) is 1. The minimum Gasteiger partial charge on any atom is -0.363 e. The van der Waals surface area contributed by atoms with Crippen molar-refractivity contribution in [2.45, 2.75) is 170 Å². The van der Waals surface area contributed by atoms with Gasteiger partial charge in [0.15, 0.2) is 5.78 Å². The number of fused-ring (bicyclic) bond motifs is 1. The van der Waals surface area contributed by atoms with Gasteiger partial charge >= 0.3 is 0 Å². The molecule has 5 N–H and O–H groups in total. The molecule has 1 unspecified atom stereocenters. The minimum absolute atomic E-state index is 0.0348. The first kappa shape index (κ1) is 41.5. The summed E-state index contributed by atoms with van der Waals surface area (Å²) in [4.78, 5) is 83.5. The van der Waals surface area contributed by atoms with E-state index in [-0.39, 0.29) is 70.2 Å². The molecule has 53 heavy (non-hydrogen) atoms. The number of rotatable bonds is 15. The Morgan fingerprint density at radius 3 is 1.89 bits per heavy atom. The Labute approximate surface area is 318 Å². The summed E-state index contributed by atoms with van der Waals surface area (Å²) in [5.41, 5.74) is 10.1. The van der Waals surface area contributed by atoms with E-state index in [0.717, 1.165) is 57.8 Å². The molecule has 0 aromatic carbocycles. The van der Waals surface area contributed by atoms with Gasteiger partial charge in [-0.05, 0) is 72.0 Å². The zero-order chi connectivity index (χ0) is 39.4. The van der Waals surface area contributed by atoms with E-state index in [9.17, 15) is 28.8 Å². The molecule has 5 rings (SSSR count). The second kappa shape index (κ2) is 14.8. The summed E-state index contributed by atoms with van der Waals surface area (Å²) >= 11 is 0. The molecule has 3 amide bonds. The molecule has 2 spiro atoms. The molecule has 10 nitrogen and oxygen atoms in total. The van der Waals surface area contributed by atoms with Crippen molar-refractivity contribution in [2.24, 2.45) is 62.2 Å². The minimum atomic E-state index is -1.01. The second-order valence-corrected chi connectivity index (χ2v) is 20.8. The van der Waals surface area contributed by atoms with Gasteiger partial charge in [-0.25, -0.2) is 0 Å². The molecule has 0 aromatic rings. The third-order valence-corrected chi connectivity index (χ3v) is 15.6. The number of nitrogens with zero attached hydrogens (tertiary/aromatic N) is 1. The van der Waals surface area contributed by atoms with Crippen LogP contribution in [0.25, 0.3) is 0 Å². The van der Waals surface area contributed by atoms with Gasteiger partial charge in [-0.2, -0.15) is 0 Å². The molecule has 5 fully saturated rings. The van der Waals surface area contributed by atoms with Gasteiger partial charge in [-0.3, -0.25) is 28.8 Å². The molecule has 298 valence electrons. The van der Waals surface area contributed by atoms with Gasteiger partial charge in [-0.1, -0.05) is 100 Å². The lowest BCUT2D eigenvalue weighted by atomic mass is 9.73. The van der Waals surface area contributed by atoms with Crippen LogP contribution in [-0.2, 0) is 28.8 Å². The molecule has 4 aliphatic carbocycles. The summed E-state index contributed by atoms with van der Waals surface area (Å²) in [5.74, 6) is -3.55. The second-order valence-electron chi connectivity index (χ2n) is 20.8. The van der Waals surface area contributed by atoms with Crippen LogP contribution in [0.15, 0.2) is 0 Å². The topological polar surface area (TPSA) is 170 Å². The van der Waals surface area contributed by atoms with E-state index in [2.05, 4.69) is 39.9 Å². The van der Waals surface area contributed by atoms with Crippen molar-refractivity contribution < 1.29 is 28.8 Å². The third-order valence-electron chi connectivity index (χ3n) is 15.6. The molecule has 1 heterocycles. The van der Waals surface area contributed by atoms with Crippen LogP contribution in [0.3, 0.4) is 0 Å². The van der Waals surface area contributed by atoms with E-state index in [1.165, 1.54) is 0 Å². The number of carbonyl (C=O) groups is 6. The Kier molecular flexibility index (Phi) is 11.6. The monoisotopic (exact) mass is 739 g/mol. The highest BCUT2D eigenvalue weighted by Crippen LogP contribution is 2.88. The van der Waals surface area contributed by atoms with E-state index in [1.807, 2.05) is 20.8 Å². The average molecular weight is 739 g/mol. The number of carbonyl (C=O) groups excluding carboxylic acids is 6. The maximum Gasteiger partial charge on any atom is 0.285 e. The Balaban J connectivity index is 1.35. The fourth-order valence-corrected chi connectivity index (χ4v) is 11.1. The maximum absolute atomic E-state index is 15.0. The SMILES string of the molecule is CC(C)(C)[C@@H](CNC(=O)C1(N)CCCCC1)CC(=O)C[C@H](C(=O)N1C[C@]2(C[C@H]1C(=O)CC(CC1CCC1)C(=O)C(N)=O)C(C)(C)C21CCC1)C(C)(C)C. The molecule has 1 aliphatic heterocycles. The number of primary amides is 1. The molecule has 5 aliphatic rings. The van der Waals surface area contributed by atoms with Gasteiger partial charge in [0, 0.05) is 49.6 Å². The lowest BCUT2D eigenvalue weighted by Gasteiger charge is -2.37. The predicted octanol–water partition coefficient (Wildman–Crippen LogP) is 6.06. The van der Waals surface area contributed by atoms with Crippen molar-refractivity contribution in [3.8, 4) is 0 Å².